The van der Waals surface area contributed by atoms with E-state index in [1.165, 1.54) is 0 Å². The number of ether oxygens (including phenoxy) is 1. The van der Waals surface area contributed by atoms with Gasteiger partial charge in [0, 0.05) is 11.9 Å². The summed E-state index contributed by atoms with van der Waals surface area (Å²) in [6, 6.07) is 0. The van der Waals surface area contributed by atoms with Crippen molar-refractivity contribution < 1.29 is 17.9 Å². The van der Waals surface area contributed by atoms with Crippen LogP contribution in [0.25, 0.3) is 0 Å². The van der Waals surface area contributed by atoms with Gasteiger partial charge in [-0.05, 0) is 11.8 Å². The lowest BCUT2D eigenvalue weighted by Gasteiger charge is -2.22. The minimum atomic E-state index is -4.24. The fraction of sp³-hybridized carbons (Fsp3) is 0.778. The Morgan fingerprint density at radius 2 is 2.00 bits per heavy atom. The van der Waals surface area contributed by atoms with Crippen molar-refractivity contribution in [3.8, 4) is 0 Å². The maximum absolute atomic E-state index is 11.7. The van der Waals surface area contributed by atoms with Gasteiger partial charge in [-0.15, -0.1) is 6.58 Å². The Labute approximate surface area is 90.4 Å². The second kappa shape index (κ2) is 5.75. The molecule has 0 amide bonds. The second-order valence-electron chi connectivity index (χ2n) is 3.41. The largest absolute Gasteiger partial charge is 0.411 e. The van der Waals surface area contributed by atoms with Gasteiger partial charge in [0.1, 0.15) is 6.61 Å². The van der Waals surface area contributed by atoms with Crippen LogP contribution in [0.15, 0.2) is 12.7 Å². The predicted molar refractivity (Wildman–Crippen MR) is 53.6 cm³/mol. The maximum atomic E-state index is 11.7. The Balaban J connectivity index is 3.68. The minimum absolute atomic E-state index is 0.0909. The summed E-state index contributed by atoms with van der Waals surface area (Å²) in [5, 5.41) is 0.666. The van der Waals surface area contributed by atoms with Gasteiger partial charge in [-0.2, -0.15) is 13.2 Å². The van der Waals surface area contributed by atoms with Gasteiger partial charge in [0.05, 0.1) is 0 Å². The van der Waals surface area contributed by atoms with Gasteiger partial charge in [-0.25, -0.2) is 0 Å². The number of hydrogen-bond donors (Lipinski definition) is 0. The molecule has 0 fully saturated rings. The molecule has 1 nitrogen and oxygen atoms in total. The molecule has 0 aliphatic heterocycles. The molecule has 0 radical (unpaired) electrons. The molecule has 0 aliphatic carbocycles. The summed E-state index contributed by atoms with van der Waals surface area (Å²) in [4.78, 5) is 0. The Morgan fingerprint density at radius 3 is 2.36 bits per heavy atom. The number of allylic oxidation sites excluding steroid dienone is 1. The number of hydrogen-bond acceptors (Lipinski definition) is 1. The molecule has 0 aromatic carbocycles. The zero-order chi connectivity index (χ0) is 11.2. The van der Waals surface area contributed by atoms with Gasteiger partial charge in [0.2, 0.25) is 0 Å². The van der Waals surface area contributed by atoms with Crippen molar-refractivity contribution in [2.24, 2.45) is 5.41 Å². The first-order valence-electron chi connectivity index (χ1n) is 4.17. The van der Waals surface area contributed by atoms with Gasteiger partial charge < -0.3 is 4.74 Å². The highest BCUT2D eigenvalue weighted by molar-refractivity contribution is 9.09. The van der Waals surface area contributed by atoms with Gasteiger partial charge in [-0.3, -0.25) is 0 Å². The molecule has 5 heteroatoms. The van der Waals surface area contributed by atoms with E-state index in [1.54, 1.807) is 6.08 Å². The van der Waals surface area contributed by atoms with E-state index in [1.807, 2.05) is 6.92 Å². The molecule has 1 unspecified atom stereocenters. The van der Waals surface area contributed by atoms with Crippen molar-refractivity contribution in [2.45, 2.75) is 19.5 Å². The normalized spacial score (nSPS) is 16.4. The van der Waals surface area contributed by atoms with E-state index in [0.717, 1.165) is 0 Å². The first kappa shape index (κ1) is 14.0. The van der Waals surface area contributed by atoms with Crippen LogP contribution in [-0.4, -0.2) is 24.7 Å². The van der Waals surface area contributed by atoms with Crippen LogP contribution in [-0.2, 0) is 4.74 Å². The third-order valence-corrected chi connectivity index (χ3v) is 3.16. The van der Waals surface area contributed by atoms with Crippen molar-refractivity contribution in [2.75, 3.05) is 18.5 Å². The summed E-state index contributed by atoms with van der Waals surface area (Å²) < 4.78 is 39.6. The summed E-state index contributed by atoms with van der Waals surface area (Å²) in [5.41, 5.74) is -0.203. The molecule has 0 spiro atoms. The van der Waals surface area contributed by atoms with Crippen LogP contribution < -0.4 is 0 Å². The number of alkyl halides is 4. The highest BCUT2D eigenvalue weighted by Gasteiger charge is 2.28. The molecule has 14 heavy (non-hydrogen) atoms. The van der Waals surface area contributed by atoms with Crippen LogP contribution in [0, 0.1) is 5.41 Å². The van der Waals surface area contributed by atoms with Gasteiger partial charge in [-0.1, -0.05) is 28.9 Å². The van der Waals surface area contributed by atoms with Crippen molar-refractivity contribution >= 4 is 15.9 Å². The van der Waals surface area contributed by atoms with Crippen LogP contribution in [0.4, 0.5) is 13.2 Å². The van der Waals surface area contributed by atoms with Crippen molar-refractivity contribution in [1.82, 2.24) is 0 Å². The average molecular weight is 275 g/mol. The molecule has 0 aromatic rings. The molecule has 0 aromatic heterocycles. The average Bonchev–Trinajstić information content (AvgIpc) is 2.11. The fourth-order valence-corrected chi connectivity index (χ4v) is 1.23. The summed E-state index contributed by atoms with van der Waals surface area (Å²) in [5.74, 6) is 0. The zero-order valence-corrected chi connectivity index (χ0v) is 9.62. The molecule has 0 aliphatic rings. The smallest absolute Gasteiger partial charge is 0.372 e. The molecule has 1 atom stereocenters. The molecule has 0 N–H and O–H groups in total. The SMILES string of the molecule is C=CC(C)(CBr)CCOCC(F)(F)F. The molecule has 84 valence electrons. The minimum Gasteiger partial charge on any atom is -0.372 e. The Bertz CT molecular complexity index is 181. The highest BCUT2D eigenvalue weighted by atomic mass is 79.9. The third kappa shape index (κ3) is 6.43. The van der Waals surface area contributed by atoms with E-state index >= 15 is 0 Å². The van der Waals surface area contributed by atoms with Crippen molar-refractivity contribution in [1.29, 1.82) is 0 Å². The lowest BCUT2D eigenvalue weighted by atomic mass is 9.90. The van der Waals surface area contributed by atoms with E-state index in [2.05, 4.69) is 27.2 Å². The Kier molecular flexibility index (Phi) is 5.74. The van der Waals surface area contributed by atoms with E-state index in [-0.39, 0.29) is 12.0 Å². The highest BCUT2D eigenvalue weighted by Crippen LogP contribution is 2.25. The standard InChI is InChI=1S/C9H14BrF3O/c1-3-8(2,6-10)4-5-14-7-9(11,12)13/h3H,1,4-7H2,2H3. The van der Waals surface area contributed by atoms with Gasteiger partial charge >= 0.3 is 6.18 Å². The first-order chi connectivity index (χ1) is 6.33. The van der Waals surface area contributed by atoms with Crippen molar-refractivity contribution in [3.63, 3.8) is 0 Å². The monoisotopic (exact) mass is 274 g/mol. The maximum Gasteiger partial charge on any atom is 0.411 e. The zero-order valence-electron chi connectivity index (χ0n) is 8.03. The Morgan fingerprint density at radius 1 is 1.43 bits per heavy atom. The van der Waals surface area contributed by atoms with Crippen LogP contribution >= 0.6 is 15.9 Å². The van der Waals surface area contributed by atoms with Crippen molar-refractivity contribution in [3.05, 3.63) is 12.7 Å². The van der Waals surface area contributed by atoms with Crippen LogP contribution in [0.1, 0.15) is 13.3 Å². The molecular weight excluding hydrogens is 261 g/mol. The number of rotatable bonds is 6. The second-order valence-corrected chi connectivity index (χ2v) is 3.97. The summed E-state index contributed by atoms with van der Waals surface area (Å²) >= 11 is 3.27. The van der Waals surface area contributed by atoms with E-state index in [4.69, 9.17) is 0 Å². The van der Waals surface area contributed by atoms with Gasteiger partial charge in [0.15, 0.2) is 0 Å². The molecule has 0 saturated heterocycles. The fourth-order valence-electron chi connectivity index (χ4n) is 0.717. The van der Waals surface area contributed by atoms with E-state index in [9.17, 15) is 13.2 Å². The molecule has 0 bridgehead atoms. The first-order valence-corrected chi connectivity index (χ1v) is 5.29. The third-order valence-electron chi connectivity index (χ3n) is 1.88. The lowest BCUT2D eigenvalue weighted by molar-refractivity contribution is -0.174. The van der Waals surface area contributed by atoms with Crippen LogP contribution in [0.5, 0.6) is 0 Å². The molecular formula is C9H14BrF3O. The molecule has 0 rings (SSSR count). The topological polar surface area (TPSA) is 9.23 Å². The molecule has 0 saturated carbocycles. The Hall–Kier alpha value is -0.0300. The predicted octanol–water partition coefficient (Wildman–Crippen LogP) is 3.54. The summed E-state index contributed by atoms with van der Waals surface area (Å²) in [7, 11) is 0. The molecule has 0 heterocycles. The lowest BCUT2D eigenvalue weighted by Crippen LogP contribution is -2.21. The van der Waals surface area contributed by atoms with E-state index in [0.29, 0.717) is 11.8 Å². The summed E-state index contributed by atoms with van der Waals surface area (Å²) in [6.07, 6.45) is -1.99. The van der Waals surface area contributed by atoms with E-state index < -0.39 is 12.8 Å². The quantitative estimate of drug-likeness (QED) is 0.409. The van der Waals surface area contributed by atoms with Crippen LogP contribution in [0.3, 0.4) is 0 Å². The summed E-state index contributed by atoms with van der Waals surface area (Å²) in [6.45, 7) is 4.44. The number of halogens is 4. The van der Waals surface area contributed by atoms with Gasteiger partial charge in [0.25, 0.3) is 0 Å². The van der Waals surface area contributed by atoms with Crippen LogP contribution in [0.2, 0.25) is 0 Å².